The van der Waals surface area contributed by atoms with Gasteiger partial charge in [-0.05, 0) is 26.0 Å². The predicted molar refractivity (Wildman–Crippen MR) is 87.5 cm³/mol. The first kappa shape index (κ1) is 15.9. The lowest BCUT2D eigenvalue weighted by molar-refractivity contribution is 0.0950. The molecule has 2 rings (SSSR count). The van der Waals surface area contributed by atoms with Crippen LogP contribution >= 0.6 is 46.1 Å². The van der Waals surface area contributed by atoms with Crippen molar-refractivity contribution in [2.24, 2.45) is 5.73 Å². The van der Waals surface area contributed by atoms with Crippen molar-refractivity contribution in [1.82, 2.24) is 5.32 Å². The van der Waals surface area contributed by atoms with Crippen molar-refractivity contribution in [3.8, 4) is 0 Å². The number of hydrogen-bond donors (Lipinski definition) is 2. The van der Waals surface area contributed by atoms with Crippen LogP contribution in [0.4, 0.5) is 0 Å². The number of halogens is 3. The smallest absolute Gasteiger partial charge is 0.262 e. The van der Waals surface area contributed by atoms with Gasteiger partial charge < -0.3 is 11.1 Å². The van der Waals surface area contributed by atoms with Crippen molar-refractivity contribution in [3.05, 3.63) is 32.1 Å². The molecule has 1 heterocycles. The Kier molecular flexibility index (Phi) is 4.52. The molecule has 0 fully saturated rings. The SMILES string of the molecule is CC(C)(N)CNC(=O)c1sc2cc(Cl)cc(Cl)c2c1Cl. The number of carbonyl (C=O) groups excluding carboxylic acids is 1. The van der Waals surface area contributed by atoms with E-state index in [4.69, 9.17) is 40.5 Å². The molecule has 1 aromatic heterocycles. The van der Waals surface area contributed by atoms with Gasteiger partial charge in [-0.3, -0.25) is 4.79 Å². The molecular weight excluding hydrogens is 339 g/mol. The van der Waals surface area contributed by atoms with Crippen molar-refractivity contribution < 1.29 is 4.79 Å². The highest BCUT2D eigenvalue weighted by atomic mass is 35.5. The zero-order chi connectivity index (χ0) is 15.1. The van der Waals surface area contributed by atoms with Crippen LogP contribution in [0.5, 0.6) is 0 Å². The molecule has 1 aromatic carbocycles. The Balaban J connectivity index is 2.38. The molecule has 0 saturated heterocycles. The Morgan fingerprint density at radius 2 is 2.00 bits per heavy atom. The Morgan fingerprint density at radius 1 is 1.35 bits per heavy atom. The van der Waals surface area contributed by atoms with Crippen molar-refractivity contribution in [1.29, 1.82) is 0 Å². The molecule has 20 heavy (non-hydrogen) atoms. The molecule has 0 radical (unpaired) electrons. The van der Waals surface area contributed by atoms with E-state index >= 15 is 0 Å². The van der Waals surface area contributed by atoms with Crippen LogP contribution in [0.15, 0.2) is 12.1 Å². The second-order valence-electron chi connectivity index (χ2n) is 5.18. The van der Waals surface area contributed by atoms with E-state index in [2.05, 4.69) is 5.32 Å². The van der Waals surface area contributed by atoms with Gasteiger partial charge in [-0.25, -0.2) is 0 Å². The molecule has 3 N–H and O–H groups in total. The highest BCUT2D eigenvalue weighted by Crippen LogP contribution is 2.41. The lowest BCUT2D eigenvalue weighted by Gasteiger charge is -2.18. The van der Waals surface area contributed by atoms with Crippen LogP contribution < -0.4 is 11.1 Å². The number of amides is 1. The summed E-state index contributed by atoms with van der Waals surface area (Å²) in [6.45, 7) is 4.01. The zero-order valence-electron chi connectivity index (χ0n) is 10.9. The van der Waals surface area contributed by atoms with Crippen LogP contribution in [-0.4, -0.2) is 18.0 Å². The first-order chi connectivity index (χ1) is 9.19. The number of benzene rings is 1. The Morgan fingerprint density at radius 3 is 2.60 bits per heavy atom. The fraction of sp³-hybridized carbons (Fsp3) is 0.308. The number of hydrogen-bond acceptors (Lipinski definition) is 3. The minimum Gasteiger partial charge on any atom is -0.349 e. The van der Waals surface area contributed by atoms with Gasteiger partial charge in [0.15, 0.2) is 0 Å². The molecule has 0 aliphatic rings. The van der Waals surface area contributed by atoms with E-state index in [0.29, 0.717) is 31.9 Å². The zero-order valence-corrected chi connectivity index (χ0v) is 14.0. The van der Waals surface area contributed by atoms with Crippen LogP contribution in [0.3, 0.4) is 0 Å². The Bertz CT molecular complexity index is 676. The summed E-state index contributed by atoms with van der Waals surface area (Å²) in [6, 6.07) is 3.34. The second kappa shape index (κ2) is 5.70. The number of fused-ring (bicyclic) bond motifs is 1. The number of thiophene rings is 1. The maximum Gasteiger partial charge on any atom is 0.262 e. The van der Waals surface area contributed by atoms with Crippen LogP contribution in [-0.2, 0) is 0 Å². The van der Waals surface area contributed by atoms with Gasteiger partial charge in [0.05, 0.1) is 10.0 Å². The molecular formula is C13H13Cl3N2OS. The third-order valence-corrected chi connectivity index (χ3v) is 4.70. The van der Waals surface area contributed by atoms with Gasteiger partial charge in [0.25, 0.3) is 5.91 Å². The number of carbonyl (C=O) groups is 1. The third-order valence-electron chi connectivity index (χ3n) is 2.56. The largest absolute Gasteiger partial charge is 0.349 e. The molecule has 0 aliphatic carbocycles. The summed E-state index contributed by atoms with van der Waals surface area (Å²) in [5.74, 6) is -0.262. The fourth-order valence-corrected chi connectivity index (χ4v) is 3.94. The highest BCUT2D eigenvalue weighted by molar-refractivity contribution is 7.21. The fourth-order valence-electron chi connectivity index (χ4n) is 1.65. The highest BCUT2D eigenvalue weighted by Gasteiger charge is 2.21. The molecule has 0 aliphatic heterocycles. The number of nitrogens with two attached hydrogens (primary N) is 1. The van der Waals surface area contributed by atoms with Crippen molar-refractivity contribution in [2.45, 2.75) is 19.4 Å². The maximum atomic E-state index is 12.2. The molecule has 1 amide bonds. The summed E-state index contributed by atoms with van der Waals surface area (Å²) in [5, 5.41) is 4.71. The van der Waals surface area contributed by atoms with Crippen LogP contribution in [0.1, 0.15) is 23.5 Å². The van der Waals surface area contributed by atoms with E-state index in [0.717, 1.165) is 4.70 Å². The van der Waals surface area contributed by atoms with Gasteiger partial charge in [0.2, 0.25) is 0 Å². The molecule has 2 aromatic rings. The Labute approximate surface area is 136 Å². The van der Waals surface area contributed by atoms with E-state index in [9.17, 15) is 4.79 Å². The molecule has 7 heteroatoms. The van der Waals surface area contributed by atoms with Gasteiger partial charge in [-0.2, -0.15) is 0 Å². The quantitative estimate of drug-likeness (QED) is 0.865. The van der Waals surface area contributed by atoms with E-state index in [1.807, 2.05) is 13.8 Å². The number of rotatable bonds is 3. The summed E-state index contributed by atoms with van der Waals surface area (Å²) in [7, 11) is 0. The van der Waals surface area contributed by atoms with Crippen LogP contribution in [0, 0.1) is 0 Å². The van der Waals surface area contributed by atoms with E-state index in [1.165, 1.54) is 11.3 Å². The average Bonchev–Trinajstić information content (AvgIpc) is 2.62. The standard InChI is InChI=1S/C13H13Cl3N2OS/c1-13(2,17)5-18-12(19)11-10(16)9-7(15)3-6(14)4-8(9)20-11/h3-4H,5,17H2,1-2H3,(H,18,19). The summed E-state index contributed by atoms with van der Waals surface area (Å²) in [4.78, 5) is 12.6. The molecule has 0 bridgehead atoms. The Hall–Kier alpha value is -0.520. The summed E-state index contributed by atoms with van der Waals surface area (Å²) >= 11 is 19.6. The second-order valence-corrected chi connectivity index (χ2v) is 7.45. The van der Waals surface area contributed by atoms with Gasteiger partial charge in [0.1, 0.15) is 4.88 Å². The van der Waals surface area contributed by atoms with Crippen molar-refractivity contribution >= 4 is 62.1 Å². The molecule has 3 nitrogen and oxygen atoms in total. The van der Waals surface area contributed by atoms with Crippen LogP contribution in [0.25, 0.3) is 10.1 Å². The predicted octanol–water partition coefficient (Wildman–Crippen LogP) is 4.33. The van der Waals surface area contributed by atoms with E-state index in [1.54, 1.807) is 12.1 Å². The lowest BCUT2D eigenvalue weighted by atomic mass is 10.1. The van der Waals surface area contributed by atoms with Gasteiger partial charge in [-0.1, -0.05) is 34.8 Å². The minimum atomic E-state index is -0.486. The van der Waals surface area contributed by atoms with Gasteiger partial charge >= 0.3 is 0 Å². The van der Waals surface area contributed by atoms with Crippen molar-refractivity contribution in [3.63, 3.8) is 0 Å². The maximum absolute atomic E-state index is 12.2. The minimum absolute atomic E-state index is 0.262. The van der Waals surface area contributed by atoms with Crippen molar-refractivity contribution in [2.75, 3.05) is 6.54 Å². The van der Waals surface area contributed by atoms with Gasteiger partial charge in [-0.15, -0.1) is 11.3 Å². The topological polar surface area (TPSA) is 55.1 Å². The molecule has 108 valence electrons. The molecule has 0 unspecified atom stereocenters. The summed E-state index contributed by atoms with van der Waals surface area (Å²) < 4.78 is 0.782. The lowest BCUT2D eigenvalue weighted by Crippen LogP contribution is -2.45. The van der Waals surface area contributed by atoms with E-state index in [-0.39, 0.29) is 5.91 Å². The molecule has 0 atom stereocenters. The normalized spacial score (nSPS) is 11.9. The molecule has 0 saturated carbocycles. The first-order valence-corrected chi connectivity index (χ1v) is 7.78. The average molecular weight is 352 g/mol. The first-order valence-electron chi connectivity index (χ1n) is 5.83. The number of nitrogens with one attached hydrogen (secondary N) is 1. The van der Waals surface area contributed by atoms with Gasteiger partial charge in [0, 0.05) is 27.2 Å². The van der Waals surface area contributed by atoms with Crippen LogP contribution in [0.2, 0.25) is 15.1 Å². The summed E-state index contributed by atoms with van der Waals surface area (Å²) in [5.41, 5.74) is 5.35. The third kappa shape index (κ3) is 3.38. The summed E-state index contributed by atoms with van der Waals surface area (Å²) in [6.07, 6.45) is 0. The van der Waals surface area contributed by atoms with E-state index < -0.39 is 5.54 Å². The monoisotopic (exact) mass is 350 g/mol. The molecule has 0 spiro atoms.